The molecule has 3 aliphatic rings. The van der Waals surface area contributed by atoms with Crippen LogP contribution in [0.25, 0.3) is 0 Å². The molecule has 0 aromatic rings. The molecule has 0 unspecified atom stereocenters. The number of likely N-dealkylation sites (N-methyl/N-ethyl adjacent to an activating group) is 4. The SMILES string of the molecule is CC(C)[C@H]1C(=O)NC[C@@H](N)C(=O)N2CCCC[C@H]2C(=O)NCC(=O)N(C)CC(=O)N(C)[C@@H](C(C)C)C(=O)NC[C@@H](N)C(=O)N2CCCC[C@H]2C(=O)NCC(=O)N(C)CC(=O)N1C. The van der Waals surface area contributed by atoms with E-state index in [1.54, 1.807) is 27.7 Å². The van der Waals surface area contributed by atoms with Crippen molar-refractivity contribution in [3.05, 3.63) is 0 Å². The number of carbonyl (C=O) groups excluding carboxylic acids is 10. The van der Waals surface area contributed by atoms with Crippen molar-refractivity contribution in [2.45, 2.75) is 102 Å². The minimum Gasteiger partial charge on any atom is -0.352 e. The molecule has 3 fully saturated rings. The first-order valence-electron chi connectivity index (χ1n) is 21.3. The van der Waals surface area contributed by atoms with Gasteiger partial charge in [0.05, 0.1) is 26.2 Å². The van der Waals surface area contributed by atoms with Gasteiger partial charge in [0.15, 0.2) is 0 Å². The Morgan fingerprint density at radius 1 is 0.484 bits per heavy atom. The first kappa shape index (κ1) is 51.0. The maximum absolute atomic E-state index is 13.6. The van der Waals surface area contributed by atoms with Crippen LogP contribution in [-0.4, -0.2) is 205 Å². The average molecular weight is 877 g/mol. The van der Waals surface area contributed by atoms with E-state index in [1.807, 2.05) is 0 Å². The van der Waals surface area contributed by atoms with Crippen LogP contribution in [0.1, 0.15) is 66.2 Å². The summed E-state index contributed by atoms with van der Waals surface area (Å²) in [6.07, 6.45) is 3.03. The van der Waals surface area contributed by atoms with Gasteiger partial charge in [-0.05, 0) is 50.4 Å². The number of carbonyl (C=O) groups is 10. The molecule has 22 heteroatoms. The summed E-state index contributed by atoms with van der Waals surface area (Å²) in [6, 6.07) is -6.45. The standard InChI is InChI=1S/C40H68N12O10/c1-23(2)33-37(59)43-17-25(41)39(61)51-15-11-9-13-27(51)35(57)46-20-30(54)48(6)22-32(56)50(8)34(24(3)4)38(60)44-18-26(42)40(62)52-16-12-10-14-28(52)36(58)45-19-29(53)47(5)21-31(55)49(33)7/h23-28,33-34H,9-22,41-42H2,1-8H3,(H,43,59)(H,44,60)(H,45,58)(H,46,57)/t25-,26-,27+,28+,33+,34+/m1/s1. The van der Waals surface area contributed by atoms with Crippen molar-refractivity contribution in [1.29, 1.82) is 0 Å². The van der Waals surface area contributed by atoms with Crippen LogP contribution in [0.4, 0.5) is 0 Å². The molecule has 0 aromatic carbocycles. The Bertz CT molecular complexity index is 1570. The Kier molecular flexibility index (Phi) is 19.1. The van der Waals surface area contributed by atoms with Gasteiger partial charge in [-0.2, -0.15) is 0 Å². The highest BCUT2D eigenvalue weighted by Crippen LogP contribution is 2.20. The third-order valence-corrected chi connectivity index (χ3v) is 11.6. The first-order valence-corrected chi connectivity index (χ1v) is 21.3. The summed E-state index contributed by atoms with van der Waals surface area (Å²) >= 11 is 0. The Morgan fingerprint density at radius 2 is 0.823 bits per heavy atom. The quantitative estimate of drug-likeness (QED) is 0.154. The summed E-state index contributed by atoms with van der Waals surface area (Å²) in [4.78, 5) is 141. The van der Waals surface area contributed by atoms with E-state index < -0.39 is 133 Å². The molecule has 3 aliphatic heterocycles. The highest BCUT2D eigenvalue weighted by Gasteiger charge is 2.38. The van der Waals surface area contributed by atoms with Crippen LogP contribution >= 0.6 is 0 Å². The normalized spacial score (nSPS) is 27.9. The molecular weight excluding hydrogens is 809 g/mol. The molecule has 0 aliphatic carbocycles. The van der Waals surface area contributed by atoms with Crippen LogP contribution in [-0.2, 0) is 47.9 Å². The monoisotopic (exact) mass is 877 g/mol. The van der Waals surface area contributed by atoms with Crippen LogP contribution in [0.3, 0.4) is 0 Å². The fraction of sp³-hybridized carbons (Fsp3) is 0.750. The van der Waals surface area contributed by atoms with Gasteiger partial charge in [-0.3, -0.25) is 47.9 Å². The zero-order chi connectivity index (χ0) is 46.6. The summed E-state index contributed by atoms with van der Waals surface area (Å²) in [6.45, 7) is 4.83. The molecule has 0 bridgehead atoms. The van der Waals surface area contributed by atoms with Gasteiger partial charge in [0, 0.05) is 54.4 Å². The number of rotatable bonds is 2. The fourth-order valence-corrected chi connectivity index (χ4v) is 7.96. The van der Waals surface area contributed by atoms with Crippen LogP contribution in [0.2, 0.25) is 0 Å². The van der Waals surface area contributed by atoms with Gasteiger partial charge in [-0.1, -0.05) is 27.7 Å². The maximum atomic E-state index is 13.6. The Balaban J connectivity index is 1.87. The van der Waals surface area contributed by atoms with Gasteiger partial charge in [0.25, 0.3) is 0 Å². The van der Waals surface area contributed by atoms with E-state index in [0.717, 1.165) is 9.80 Å². The second-order valence-electron chi connectivity index (χ2n) is 17.1. The Labute approximate surface area is 363 Å². The lowest BCUT2D eigenvalue weighted by molar-refractivity contribution is -0.146. The molecule has 348 valence electrons. The number of hydrogen-bond donors (Lipinski definition) is 6. The van der Waals surface area contributed by atoms with Gasteiger partial charge >= 0.3 is 0 Å². The number of piperidine rings is 2. The van der Waals surface area contributed by atoms with E-state index in [0.29, 0.717) is 38.5 Å². The minimum atomic E-state index is -1.25. The molecule has 22 nitrogen and oxygen atoms in total. The molecule has 3 saturated heterocycles. The summed E-state index contributed by atoms with van der Waals surface area (Å²) in [5.41, 5.74) is 12.5. The lowest BCUT2D eigenvalue weighted by Gasteiger charge is -2.37. The van der Waals surface area contributed by atoms with Crippen molar-refractivity contribution in [3.8, 4) is 0 Å². The van der Waals surface area contributed by atoms with E-state index >= 15 is 0 Å². The molecule has 3 rings (SSSR count). The molecule has 0 spiro atoms. The van der Waals surface area contributed by atoms with Crippen LogP contribution < -0.4 is 32.7 Å². The van der Waals surface area contributed by atoms with Gasteiger partial charge in [-0.15, -0.1) is 0 Å². The van der Waals surface area contributed by atoms with Crippen molar-refractivity contribution in [2.24, 2.45) is 23.3 Å². The highest BCUT2D eigenvalue weighted by atomic mass is 16.2. The summed E-state index contributed by atoms with van der Waals surface area (Å²) in [5, 5.41) is 10.4. The van der Waals surface area contributed by atoms with Crippen LogP contribution in [0.5, 0.6) is 0 Å². The fourth-order valence-electron chi connectivity index (χ4n) is 7.96. The van der Waals surface area contributed by atoms with Crippen LogP contribution in [0, 0.1) is 11.8 Å². The largest absolute Gasteiger partial charge is 0.352 e. The number of nitrogens with two attached hydrogens (primary N) is 2. The minimum absolute atomic E-state index is 0.209. The third-order valence-electron chi connectivity index (χ3n) is 11.6. The Hall–Kier alpha value is -5.38. The van der Waals surface area contributed by atoms with E-state index in [1.165, 1.54) is 47.8 Å². The summed E-state index contributed by atoms with van der Waals surface area (Å²) < 4.78 is 0. The third kappa shape index (κ3) is 13.3. The molecule has 0 radical (unpaired) electrons. The maximum Gasteiger partial charge on any atom is 0.243 e. The van der Waals surface area contributed by atoms with Gasteiger partial charge in [0.1, 0.15) is 36.3 Å². The van der Waals surface area contributed by atoms with Crippen molar-refractivity contribution in [3.63, 3.8) is 0 Å². The number of hydrogen-bond acceptors (Lipinski definition) is 12. The molecule has 0 saturated carbocycles. The number of amides is 10. The smallest absolute Gasteiger partial charge is 0.243 e. The molecule has 8 N–H and O–H groups in total. The zero-order valence-electron chi connectivity index (χ0n) is 37.4. The predicted octanol–water partition coefficient (Wildman–Crippen LogP) is -4.24. The zero-order valence-corrected chi connectivity index (χ0v) is 37.4. The van der Waals surface area contributed by atoms with E-state index in [4.69, 9.17) is 11.5 Å². The molecule has 62 heavy (non-hydrogen) atoms. The highest BCUT2D eigenvalue weighted by molar-refractivity contribution is 5.96. The van der Waals surface area contributed by atoms with Crippen molar-refractivity contribution >= 4 is 59.1 Å². The predicted molar refractivity (Wildman–Crippen MR) is 225 cm³/mol. The van der Waals surface area contributed by atoms with Crippen molar-refractivity contribution in [2.75, 3.05) is 80.5 Å². The topological polar surface area (TPSA) is 290 Å². The average Bonchev–Trinajstić information content (AvgIpc) is 3.23. The van der Waals surface area contributed by atoms with E-state index in [9.17, 15) is 47.9 Å². The van der Waals surface area contributed by atoms with Crippen LogP contribution in [0.15, 0.2) is 0 Å². The van der Waals surface area contributed by atoms with Crippen molar-refractivity contribution < 1.29 is 47.9 Å². The lowest BCUT2D eigenvalue weighted by Crippen LogP contribution is -2.60. The second-order valence-corrected chi connectivity index (χ2v) is 17.1. The van der Waals surface area contributed by atoms with Gasteiger partial charge in [-0.25, -0.2) is 0 Å². The lowest BCUT2D eigenvalue weighted by atomic mass is 9.99. The molecule has 3 heterocycles. The first-order chi connectivity index (χ1) is 29.1. The van der Waals surface area contributed by atoms with Gasteiger partial charge < -0.3 is 62.1 Å². The van der Waals surface area contributed by atoms with Crippen molar-refractivity contribution in [1.82, 2.24) is 50.7 Å². The number of nitrogens with zero attached hydrogens (tertiary/aromatic N) is 6. The second kappa shape index (κ2) is 23.2. The number of fused-ring (bicyclic) bond motifs is 2. The Morgan fingerprint density at radius 3 is 1.15 bits per heavy atom. The van der Waals surface area contributed by atoms with Gasteiger partial charge in [0.2, 0.25) is 59.1 Å². The van der Waals surface area contributed by atoms with E-state index in [2.05, 4.69) is 21.3 Å². The molecule has 10 amide bonds. The molecular formula is C40H68N12O10. The number of nitrogens with one attached hydrogen (secondary N) is 4. The molecule has 6 atom stereocenters. The van der Waals surface area contributed by atoms with E-state index in [-0.39, 0.29) is 26.2 Å². The summed E-state index contributed by atoms with van der Waals surface area (Å²) in [7, 11) is 5.56. The summed E-state index contributed by atoms with van der Waals surface area (Å²) in [5.74, 6) is -6.78. The molecule has 0 aromatic heterocycles.